The molecular weight excluding hydrogens is 336 g/mol. The van der Waals surface area contributed by atoms with E-state index in [1.807, 2.05) is 0 Å². The first-order valence-electron chi connectivity index (χ1n) is 7.86. The zero-order valence-electron chi connectivity index (χ0n) is 14.9. The molecule has 0 saturated heterocycles. The summed E-state index contributed by atoms with van der Waals surface area (Å²) < 4.78 is 21.5. The molecule has 0 radical (unpaired) electrons. The van der Waals surface area contributed by atoms with Crippen LogP contribution in [0.25, 0.3) is 22.1 Å². The van der Waals surface area contributed by atoms with E-state index in [-0.39, 0.29) is 0 Å². The predicted molar refractivity (Wildman–Crippen MR) is 97.7 cm³/mol. The van der Waals surface area contributed by atoms with Gasteiger partial charge in [0, 0.05) is 10.9 Å². The second kappa shape index (κ2) is 6.92. The Morgan fingerprint density at radius 1 is 0.923 bits per heavy atom. The minimum atomic E-state index is -0.492. The predicted octanol–water partition coefficient (Wildman–Crippen LogP) is 3.61. The smallest absolute Gasteiger partial charge is 0.344 e. The lowest BCUT2D eigenvalue weighted by atomic mass is 10.0. The largest absolute Gasteiger partial charge is 0.493 e. The Morgan fingerprint density at radius 2 is 1.58 bits per heavy atom. The standard InChI is InChI=1S/C20H18O6/c1-11-5-12(10-21)6-14-7-15(20(22)26-18(11)14)13-8-16(23-2)19(25-4)17(9-13)24-3/h5-10H,1-4H3. The van der Waals surface area contributed by atoms with Crippen molar-refractivity contribution >= 4 is 17.3 Å². The summed E-state index contributed by atoms with van der Waals surface area (Å²) >= 11 is 0. The molecule has 1 aromatic heterocycles. The molecule has 3 aromatic rings. The second-order valence-corrected chi connectivity index (χ2v) is 5.74. The van der Waals surface area contributed by atoms with Gasteiger partial charge in [0.25, 0.3) is 0 Å². The molecule has 0 aliphatic carbocycles. The van der Waals surface area contributed by atoms with E-state index in [1.165, 1.54) is 21.3 Å². The molecule has 26 heavy (non-hydrogen) atoms. The summed E-state index contributed by atoms with van der Waals surface area (Å²) in [5.74, 6) is 1.29. The highest BCUT2D eigenvalue weighted by Gasteiger charge is 2.17. The quantitative estimate of drug-likeness (QED) is 0.515. The highest BCUT2D eigenvalue weighted by molar-refractivity contribution is 5.90. The third kappa shape index (κ3) is 2.90. The van der Waals surface area contributed by atoms with E-state index in [4.69, 9.17) is 18.6 Å². The van der Waals surface area contributed by atoms with Crippen LogP contribution in [0.4, 0.5) is 0 Å². The van der Waals surface area contributed by atoms with E-state index in [2.05, 4.69) is 0 Å². The molecule has 134 valence electrons. The van der Waals surface area contributed by atoms with E-state index in [1.54, 1.807) is 37.3 Å². The molecule has 0 fully saturated rings. The number of carbonyl (C=O) groups excluding carboxylic acids is 1. The van der Waals surface area contributed by atoms with Crippen LogP contribution in [0, 0.1) is 6.92 Å². The van der Waals surface area contributed by atoms with Gasteiger partial charge in [-0.1, -0.05) is 0 Å². The van der Waals surface area contributed by atoms with Crippen molar-refractivity contribution in [2.75, 3.05) is 21.3 Å². The number of fused-ring (bicyclic) bond motifs is 1. The Bertz CT molecular complexity index is 1020. The normalized spacial score (nSPS) is 10.6. The molecule has 0 atom stereocenters. The molecule has 1 heterocycles. The molecule has 0 amide bonds. The SMILES string of the molecule is COc1cc(-c2cc3cc(C=O)cc(C)c3oc2=O)cc(OC)c1OC. The van der Waals surface area contributed by atoms with E-state index < -0.39 is 5.63 Å². The van der Waals surface area contributed by atoms with E-state index >= 15 is 0 Å². The average Bonchev–Trinajstić information content (AvgIpc) is 2.66. The summed E-state index contributed by atoms with van der Waals surface area (Å²) in [5, 5.41) is 0.662. The molecule has 0 aliphatic rings. The Hall–Kier alpha value is -3.28. The van der Waals surface area contributed by atoms with Crippen LogP contribution in [0.2, 0.25) is 0 Å². The van der Waals surface area contributed by atoms with Gasteiger partial charge in [0.2, 0.25) is 5.75 Å². The number of aryl methyl sites for hydroxylation is 1. The van der Waals surface area contributed by atoms with Crippen molar-refractivity contribution in [3.63, 3.8) is 0 Å². The fourth-order valence-corrected chi connectivity index (χ4v) is 2.94. The molecule has 0 spiro atoms. The number of hydrogen-bond donors (Lipinski definition) is 0. The maximum atomic E-state index is 12.5. The van der Waals surface area contributed by atoms with Crippen molar-refractivity contribution in [3.05, 3.63) is 51.9 Å². The summed E-state index contributed by atoms with van der Waals surface area (Å²) in [6.45, 7) is 1.79. The van der Waals surface area contributed by atoms with Gasteiger partial charge in [-0.05, 0) is 48.4 Å². The first-order chi connectivity index (χ1) is 12.5. The van der Waals surface area contributed by atoms with Gasteiger partial charge in [0.05, 0.1) is 26.9 Å². The Labute approximate surface area is 149 Å². The van der Waals surface area contributed by atoms with Gasteiger partial charge < -0.3 is 18.6 Å². The van der Waals surface area contributed by atoms with E-state index in [0.717, 1.165) is 11.8 Å². The van der Waals surface area contributed by atoms with Crippen LogP contribution < -0.4 is 19.8 Å². The highest BCUT2D eigenvalue weighted by atomic mass is 16.5. The minimum Gasteiger partial charge on any atom is -0.493 e. The molecule has 0 aliphatic heterocycles. The van der Waals surface area contributed by atoms with Crippen molar-refractivity contribution in [2.45, 2.75) is 6.92 Å². The fraction of sp³-hybridized carbons (Fsp3) is 0.200. The van der Waals surface area contributed by atoms with Gasteiger partial charge >= 0.3 is 5.63 Å². The lowest BCUT2D eigenvalue weighted by molar-refractivity contribution is 0.112. The number of carbonyl (C=O) groups is 1. The third-order valence-corrected chi connectivity index (χ3v) is 4.15. The van der Waals surface area contributed by atoms with Gasteiger partial charge in [-0.15, -0.1) is 0 Å². The summed E-state index contributed by atoms with van der Waals surface area (Å²) in [4.78, 5) is 23.7. The van der Waals surface area contributed by atoms with Crippen molar-refractivity contribution < 1.29 is 23.4 Å². The van der Waals surface area contributed by atoms with Crippen LogP contribution in [0.15, 0.2) is 39.5 Å². The first-order valence-corrected chi connectivity index (χ1v) is 7.86. The molecule has 0 unspecified atom stereocenters. The van der Waals surface area contributed by atoms with Gasteiger partial charge in [-0.2, -0.15) is 0 Å². The highest BCUT2D eigenvalue weighted by Crippen LogP contribution is 2.41. The molecule has 2 aromatic carbocycles. The number of rotatable bonds is 5. The van der Waals surface area contributed by atoms with E-state index in [9.17, 15) is 9.59 Å². The number of aldehydes is 1. The number of methoxy groups -OCH3 is 3. The summed E-state index contributed by atoms with van der Waals surface area (Å²) in [5.41, 5.74) is 2.09. The topological polar surface area (TPSA) is 75.0 Å². The molecule has 3 rings (SSSR count). The van der Waals surface area contributed by atoms with Crippen molar-refractivity contribution in [1.82, 2.24) is 0 Å². The zero-order valence-corrected chi connectivity index (χ0v) is 14.9. The molecule has 0 N–H and O–H groups in total. The minimum absolute atomic E-state index is 0.333. The zero-order chi connectivity index (χ0) is 18.8. The van der Waals surface area contributed by atoms with Crippen LogP contribution in [0.3, 0.4) is 0 Å². The van der Waals surface area contributed by atoms with Gasteiger partial charge in [-0.3, -0.25) is 4.79 Å². The maximum absolute atomic E-state index is 12.5. The molecule has 6 heteroatoms. The van der Waals surface area contributed by atoms with Crippen molar-refractivity contribution in [1.29, 1.82) is 0 Å². The average molecular weight is 354 g/mol. The lowest BCUT2D eigenvalue weighted by Gasteiger charge is -2.14. The van der Waals surface area contributed by atoms with Crippen molar-refractivity contribution in [3.8, 4) is 28.4 Å². The van der Waals surface area contributed by atoms with Crippen LogP contribution >= 0.6 is 0 Å². The molecule has 6 nitrogen and oxygen atoms in total. The summed E-state index contributed by atoms with van der Waals surface area (Å²) in [6, 6.07) is 8.41. The molecule has 0 saturated carbocycles. The Kier molecular flexibility index (Phi) is 4.67. The lowest BCUT2D eigenvalue weighted by Crippen LogP contribution is -2.04. The number of ether oxygens (including phenoxy) is 3. The maximum Gasteiger partial charge on any atom is 0.344 e. The van der Waals surface area contributed by atoms with Crippen LogP contribution in [0.5, 0.6) is 17.2 Å². The van der Waals surface area contributed by atoms with E-state index in [0.29, 0.717) is 44.9 Å². The Balaban J connectivity index is 2.29. The van der Waals surface area contributed by atoms with Gasteiger partial charge in [-0.25, -0.2) is 4.79 Å². The number of benzene rings is 2. The van der Waals surface area contributed by atoms with Gasteiger partial charge in [0.1, 0.15) is 11.9 Å². The third-order valence-electron chi connectivity index (χ3n) is 4.15. The van der Waals surface area contributed by atoms with Crippen LogP contribution in [-0.2, 0) is 0 Å². The Morgan fingerprint density at radius 3 is 2.12 bits per heavy atom. The monoisotopic (exact) mass is 354 g/mol. The molecule has 0 bridgehead atoms. The summed E-state index contributed by atoms with van der Waals surface area (Å²) in [6.07, 6.45) is 0.761. The van der Waals surface area contributed by atoms with Crippen LogP contribution in [0.1, 0.15) is 15.9 Å². The van der Waals surface area contributed by atoms with Gasteiger partial charge in [0.15, 0.2) is 11.5 Å². The number of hydrogen-bond acceptors (Lipinski definition) is 6. The van der Waals surface area contributed by atoms with Crippen LogP contribution in [-0.4, -0.2) is 27.6 Å². The summed E-state index contributed by atoms with van der Waals surface area (Å²) in [7, 11) is 4.52. The first kappa shape index (κ1) is 17.5. The second-order valence-electron chi connectivity index (χ2n) is 5.74. The van der Waals surface area contributed by atoms with Crippen molar-refractivity contribution in [2.24, 2.45) is 0 Å². The molecular formula is C20H18O6. The fourth-order valence-electron chi connectivity index (χ4n) is 2.94.